The highest BCUT2D eigenvalue weighted by molar-refractivity contribution is 5.28. The Hall–Kier alpha value is -0.850. The minimum absolute atomic E-state index is 0.493. The summed E-state index contributed by atoms with van der Waals surface area (Å²) >= 11 is 0. The van der Waals surface area contributed by atoms with Gasteiger partial charge >= 0.3 is 0 Å². The van der Waals surface area contributed by atoms with Crippen LogP contribution in [0, 0.1) is 0 Å². The first-order valence-corrected chi connectivity index (χ1v) is 3.82. The molecular formula is C10H13F. The van der Waals surface area contributed by atoms with Crippen molar-refractivity contribution >= 4 is 0 Å². The summed E-state index contributed by atoms with van der Waals surface area (Å²) in [6.45, 7) is 5.21. The molecule has 0 saturated heterocycles. The fourth-order valence-electron chi connectivity index (χ4n) is 1.07. The number of hydrogen-bond donors (Lipinski definition) is 0. The highest BCUT2D eigenvalue weighted by Crippen LogP contribution is 2.25. The van der Waals surface area contributed by atoms with Gasteiger partial charge in [0.25, 0.3) is 0 Å². The lowest BCUT2D eigenvalue weighted by atomic mass is 9.94. The lowest BCUT2D eigenvalue weighted by Crippen LogP contribution is -2.15. The average Bonchev–Trinajstić information content (AvgIpc) is 1.94. The van der Waals surface area contributed by atoms with Gasteiger partial charge in [-0.3, -0.25) is 0 Å². The van der Waals surface area contributed by atoms with Gasteiger partial charge in [0.2, 0.25) is 0 Å². The molecule has 0 amide bonds. The molecule has 1 rings (SSSR count). The molecule has 0 radical (unpaired) electrons. The maximum Gasteiger partial charge on any atom is 0.130 e. The molecule has 0 saturated carbocycles. The molecule has 1 unspecified atom stereocenters. The van der Waals surface area contributed by atoms with Crippen LogP contribution in [-0.2, 0) is 0 Å². The van der Waals surface area contributed by atoms with Crippen LogP contribution in [0.3, 0.4) is 0 Å². The Balaban J connectivity index is 2.59. The summed E-state index contributed by atoms with van der Waals surface area (Å²) in [5.41, 5.74) is 0.0279. The standard InChI is InChI=1S/C10H13F/c1-3-4-9-5-7-10(2,11)8-6-9/h3,5-7H,1,4,8H2,2H3. The van der Waals surface area contributed by atoms with E-state index in [1.54, 1.807) is 13.0 Å². The third-order valence-electron chi connectivity index (χ3n) is 1.79. The molecule has 0 fully saturated rings. The Bertz CT molecular complexity index is 209. The van der Waals surface area contributed by atoms with Crippen molar-refractivity contribution in [3.8, 4) is 0 Å². The Morgan fingerprint density at radius 1 is 1.82 bits per heavy atom. The van der Waals surface area contributed by atoms with Gasteiger partial charge in [0.15, 0.2) is 0 Å². The lowest BCUT2D eigenvalue weighted by Gasteiger charge is -2.17. The number of halogens is 1. The molecule has 0 aromatic carbocycles. The SMILES string of the molecule is C=CCC1=CCC(C)(F)C=C1. The molecule has 0 spiro atoms. The van der Waals surface area contributed by atoms with Gasteiger partial charge < -0.3 is 0 Å². The molecule has 11 heavy (non-hydrogen) atoms. The number of hydrogen-bond acceptors (Lipinski definition) is 0. The van der Waals surface area contributed by atoms with Crippen molar-refractivity contribution in [3.05, 3.63) is 36.5 Å². The third kappa shape index (κ3) is 2.34. The van der Waals surface area contributed by atoms with Crippen LogP contribution in [0.2, 0.25) is 0 Å². The minimum Gasteiger partial charge on any atom is -0.239 e. The highest BCUT2D eigenvalue weighted by atomic mass is 19.1. The Kier molecular flexibility index (Phi) is 2.28. The second-order valence-electron chi connectivity index (χ2n) is 3.09. The van der Waals surface area contributed by atoms with E-state index in [4.69, 9.17) is 0 Å². The van der Waals surface area contributed by atoms with Crippen LogP contribution < -0.4 is 0 Å². The quantitative estimate of drug-likeness (QED) is 0.533. The van der Waals surface area contributed by atoms with Crippen molar-refractivity contribution < 1.29 is 4.39 Å². The van der Waals surface area contributed by atoms with E-state index in [9.17, 15) is 4.39 Å². The zero-order valence-electron chi connectivity index (χ0n) is 6.81. The van der Waals surface area contributed by atoms with Crippen LogP contribution in [0.1, 0.15) is 19.8 Å². The summed E-state index contributed by atoms with van der Waals surface area (Å²) in [4.78, 5) is 0. The van der Waals surface area contributed by atoms with Crippen LogP contribution in [0.25, 0.3) is 0 Å². The van der Waals surface area contributed by atoms with Crippen molar-refractivity contribution in [3.63, 3.8) is 0 Å². The molecule has 0 N–H and O–H groups in total. The average molecular weight is 152 g/mol. The Morgan fingerprint density at radius 3 is 3.00 bits per heavy atom. The molecule has 1 aliphatic rings. The largest absolute Gasteiger partial charge is 0.239 e. The molecule has 0 aliphatic heterocycles. The van der Waals surface area contributed by atoms with Crippen molar-refractivity contribution in [1.82, 2.24) is 0 Å². The van der Waals surface area contributed by atoms with Gasteiger partial charge in [-0.25, -0.2) is 4.39 Å². The van der Waals surface area contributed by atoms with Crippen LogP contribution in [-0.4, -0.2) is 5.67 Å². The minimum atomic E-state index is -1.13. The molecule has 0 aromatic heterocycles. The fourth-order valence-corrected chi connectivity index (χ4v) is 1.07. The summed E-state index contributed by atoms with van der Waals surface area (Å²) in [5.74, 6) is 0. The molecule has 0 aromatic rings. The topological polar surface area (TPSA) is 0 Å². The van der Waals surface area contributed by atoms with E-state index < -0.39 is 5.67 Å². The van der Waals surface area contributed by atoms with E-state index in [-0.39, 0.29) is 0 Å². The van der Waals surface area contributed by atoms with E-state index in [1.165, 1.54) is 0 Å². The monoisotopic (exact) mass is 152 g/mol. The Morgan fingerprint density at radius 2 is 2.55 bits per heavy atom. The van der Waals surface area contributed by atoms with Gasteiger partial charge in [0.1, 0.15) is 5.67 Å². The van der Waals surface area contributed by atoms with Crippen LogP contribution in [0.4, 0.5) is 4.39 Å². The maximum absolute atomic E-state index is 13.1. The van der Waals surface area contributed by atoms with E-state index in [0.717, 1.165) is 12.0 Å². The number of allylic oxidation sites excluding steroid dienone is 5. The zero-order valence-corrected chi connectivity index (χ0v) is 6.81. The van der Waals surface area contributed by atoms with Gasteiger partial charge in [0.05, 0.1) is 0 Å². The van der Waals surface area contributed by atoms with Gasteiger partial charge in [-0.15, -0.1) is 6.58 Å². The molecule has 1 heteroatoms. The third-order valence-corrected chi connectivity index (χ3v) is 1.79. The summed E-state index contributed by atoms with van der Waals surface area (Å²) < 4.78 is 13.1. The van der Waals surface area contributed by atoms with E-state index in [2.05, 4.69) is 6.58 Å². The van der Waals surface area contributed by atoms with E-state index in [0.29, 0.717) is 6.42 Å². The number of alkyl halides is 1. The van der Waals surface area contributed by atoms with Gasteiger partial charge in [-0.05, 0) is 25.0 Å². The molecule has 1 aliphatic carbocycles. The van der Waals surface area contributed by atoms with Gasteiger partial charge in [-0.2, -0.15) is 0 Å². The van der Waals surface area contributed by atoms with E-state index in [1.807, 2.05) is 18.2 Å². The molecule has 0 bridgehead atoms. The summed E-state index contributed by atoms with van der Waals surface area (Å²) in [5, 5.41) is 0. The summed E-state index contributed by atoms with van der Waals surface area (Å²) in [7, 11) is 0. The van der Waals surface area contributed by atoms with Crippen molar-refractivity contribution in [2.24, 2.45) is 0 Å². The molecular weight excluding hydrogens is 139 g/mol. The van der Waals surface area contributed by atoms with Crippen LogP contribution in [0.15, 0.2) is 36.5 Å². The zero-order chi connectivity index (χ0) is 8.32. The first-order valence-electron chi connectivity index (χ1n) is 3.82. The molecule has 0 nitrogen and oxygen atoms in total. The molecule has 1 atom stereocenters. The first kappa shape index (κ1) is 8.25. The number of rotatable bonds is 2. The van der Waals surface area contributed by atoms with Crippen molar-refractivity contribution in [2.45, 2.75) is 25.4 Å². The summed E-state index contributed by atoms with van der Waals surface area (Å²) in [6, 6.07) is 0. The van der Waals surface area contributed by atoms with Crippen LogP contribution >= 0.6 is 0 Å². The molecule has 60 valence electrons. The lowest BCUT2D eigenvalue weighted by molar-refractivity contribution is 0.259. The fraction of sp³-hybridized carbons (Fsp3) is 0.400. The normalized spacial score (nSPS) is 29.8. The second-order valence-corrected chi connectivity index (χ2v) is 3.09. The predicted octanol–water partition coefficient (Wildman–Crippen LogP) is 3.18. The van der Waals surface area contributed by atoms with Gasteiger partial charge in [-0.1, -0.05) is 18.2 Å². The second kappa shape index (κ2) is 3.04. The maximum atomic E-state index is 13.1. The summed E-state index contributed by atoms with van der Waals surface area (Å²) in [6.07, 6.45) is 8.55. The van der Waals surface area contributed by atoms with Gasteiger partial charge in [0, 0.05) is 6.42 Å². The van der Waals surface area contributed by atoms with E-state index >= 15 is 0 Å². The van der Waals surface area contributed by atoms with Crippen molar-refractivity contribution in [2.75, 3.05) is 0 Å². The Labute approximate surface area is 67.1 Å². The first-order chi connectivity index (χ1) is 5.14. The predicted molar refractivity (Wildman–Crippen MR) is 46.2 cm³/mol. The van der Waals surface area contributed by atoms with Crippen molar-refractivity contribution in [1.29, 1.82) is 0 Å². The smallest absolute Gasteiger partial charge is 0.130 e. The molecule has 0 heterocycles. The highest BCUT2D eigenvalue weighted by Gasteiger charge is 2.19. The van der Waals surface area contributed by atoms with Crippen LogP contribution in [0.5, 0.6) is 0 Å².